The Morgan fingerprint density at radius 2 is 1.95 bits per heavy atom. The maximum absolute atomic E-state index is 11.5. The molecule has 4 rings (SSSR count). The SMILES string of the molecule is C=C(NCc1ccc(C2CC3(C)C(O)CCC3C3CC/C(=C/C=O)C(CCC)=C23)cc1)C(/C=C\C)=C/C. The Labute approximate surface area is 224 Å². The molecule has 1 aromatic carbocycles. The highest BCUT2D eigenvalue weighted by molar-refractivity contribution is 5.69. The summed E-state index contributed by atoms with van der Waals surface area (Å²) in [7, 11) is 0. The molecule has 0 amide bonds. The van der Waals surface area contributed by atoms with E-state index in [0.717, 1.165) is 69.0 Å². The van der Waals surface area contributed by atoms with E-state index in [-0.39, 0.29) is 17.4 Å². The van der Waals surface area contributed by atoms with E-state index < -0.39 is 0 Å². The summed E-state index contributed by atoms with van der Waals surface area (Å²) in [5.41, 5.74) is 8.81. The smallest absolute Gasteiger partial charge is 0.143 e. The highest BCUT2D eigenvalue weighted by atomic mass is 16.3. The number of aliphatic hydroxyl groups is 1. The molecule has 3 heteroatoms. The van der Waals surface area contributed by atoms with Crippen molar-refractivity contribution >= 4 is 6.29 Å². The second kappa shape index (κ2) is 11.8. The number of hydrogen-bond donors (Lipinski definition) is 2. The lowest BCUT2D eigenvalue weighted by Crippen LogP contribution is -2.44. The zero-order chi connectivity index (χ0) is 26.6. The summed E-state index contributed by atoms with van der Waals surface area (Å²) < 4.78 is 0. The predicted octanol–water partition coefficient (Wildman–Crippen LogP) is 7.71. The molecule has 198 valence electrons. The third kappa shape index (κ3) is 5.34. The summed E-state index contributed by atoms with van der Waals surface area (Å²) in [5.74, 6) is 1.32. The molecule has 2 N–H and O–H groups in total. The van der Waals surface area contributed by atoms with Crippen LogP contribution in [0.5, 0.6) is 0 Å². The molecule has 2 fully saturated rings. The van der Waals surface area contributed by atoms with E-state index in [9.17, 15) is 9.90 Å². The van der Waals surface area contributed by atoms with Crippen LogP contribution in [0.4, 0.5) is 0 Å². The van der Waals surface area contributed by atoms with Crippen molar-refractivity contribution < 1.29 is 9.90 Å². The summed E-state index contributed by atoms with van der Waals surface area (Å²) in [4.78, 5) is 11.5. The maximum Gasteiger partial charge on any atom is 0.143 e. The van der Waals surface area contributed by atoms with Gasteiger partial charge in [0.1, 0.15) is 6.29 Å². The minimum absolute atomic E-state index is 0.0459. The maximum atomic E-state index is 11.5. The highest BCUT2D eigenvalue weighted by Crippen LogP contribution is 2.63. The molecule has 0 spiro atoms. The van der Waals surface area contributed by atoms with Crippen LogP contribution >= 0.6 is 0 Å². The number of fused-ring (bicyclic) bond motifs is 3. The van der Waals surface area contributed by atoms with Crippen molar-refractivity contribution in [2.24, 2.45) is 17.3 Å². The van der Waals surface area contributed by atoms with Gasteiger partial charge >= 0.3 is 0 Å². The Bertz CT molecular complexity index is 1120. The molecule has 0 bridgehead atoms. The number of allylic oxidation sites excluding steroid dienone is 7. The van der Waals surface area contributed by atoms with Crippen molar-refractivity contribution in [1.82, 2.24) is 5.32 Å². The van der Waals surface area contributed by atoms with Crippen LogP contribution in [0, 0.1) is 17.3 Å². The predicted molar refractivity (Wildman–Crippen MR) is 154 cm³/mol. The summed E-state index contributed by atoms with van der Waals surface area (Å²) >= 11 is 0. The Hall–Kier alpha value is -2.65. The monoisotopic (exact) mass is 499 g/mol. The first-order chi connectivity index (χ1) is 17.9. The Balaban J connectivity index is 1.67. The molecule has 0 heterocycles. The fourth-order valence-electron chi connectivity index (χ4n) is 7.50. The van der Waals surface area contributed by atoms with Crippen LogP contribution < -0.4 is 5.32 Å². The molecule has 5 atom stereocenters. The molecule has 2 saturated carbocycles. The van der Waals surface area contributed by atoms with E-state index in [0.29, 0.717) is 11.8 Å². The Morgan fingerprint density at radius 1 is 1.19 bits per heavy atom. The van der Waals surface area contributed by atoms with Crippen molar-refractivity contribution in [3.05, 3.63) is 94.3 Å². The average Bonchev–Trinajstić information content (AvgIpc) is 3.21. The summed E-state index contributed by atoms with van der Waals surface area (Å²) in [6, 6.07) is 9.06. The van der Waals surface area contributed by atoms with Crippen LogP contribution in [0.2, 0.25) is 0 Å². The number of rotatable bonds is 9. The van der Waals surface area contributed by atoms with Gasteiger partial charge in [0.25, 0.3) is 0 Å². The summed E-state index contributed by atoms with van der Waals surface area (Å²) in [6.07, 6.45) is 15.9. The summed E-state index contributed by atoms with van der Waals surface area (Å²) in [5, 5.41) is 14.6. The molecule has 0 aliphatic heterocycles. The minimum atomic E-state index is -0.226. The van der Waals surface area contributed by atoms with Gasteiger partial charge in [0.2, 0.25) is 0 Å². The molecule has 0 saturated heterocycles. The largest absolute Gasteiger partial charge is 0.393 e. The first-order valence-electron chi connectivity index (χ1n) is 14.2. The number of benzene rings is 1. The molecule has 0 aromatic heterocycles. The van der Waals surface area contributed by atoms with Crippen molar-refractivity contribution in [2.45, 2.75) is 91.2 Å². The van der Waals surface area contributed by atoms with E-state index in [1.54, 1.807) is 5.57 Å². The van der Waals surface area contributed by atoms with Gasteiger partial charge in [-0.2, -0.15) is 0 Å². The topological polar surface area (TPSA) is 49.3 Å². The number of aldehydes is 1. The van der Waals surface area contributed by atoms with Gasteiger partial charge in [0, 0.05) is 18.2 Å². The lowest BCUT2D eigenvalue weighted by Gasteiger charge is -2.51. The van der Waals surface area contributed by atoms with E-state index in [1.165, 1.54) is 22.3 Å². The second-order valence-electron chi connectivity index (χ2n) is 11.4. The van der Waals surface area contributed by atoms with Crippen LogP contribution in [-0.2, 0) is 11.3 Å². The summed E-state index contributed by atoms with van der Waals surface area (Å²) in [6.45, 7) is 13.6. The van der Waals surface area contributed by atoms with Crippen LogP contribution in [0.15, 0.2) is 83.1 Å². The molecular formula is C34H45NO2. The number of aliphatic hydroxyl groups excluding tert-OH is 1. The van der Waals surface area contributed by atoms with E-state index in [2.05, 4.69) is 62.2 Å². The van der Waals surface area contributed by atoms with Crippen LogP contribution in [0.1, 0.15) is 89.7 Å². The first-order valence-corrected chi connectivity index (χ1v) is 14.2. The number of nitrogens with one attached hydrogen (secondary N) is 1. The third-order valence-corrected chi connectivity index (χ3v) is 9.39. The number of hydrogen-bond acceptors (Lipinski definition) is 3. The van der Waals surface area contributed by atoms with Crippen LogP contribution in [-0.4, -0.2) is 17.5 Å². The van der Waals surface area contributed by atoms with Crippen molar-refractivity contribution in [3.63, 3.8) is 0 Å². The molecule has 0 radical (unpaired) electrons. The molecule has 3 aliphatic rings. The lowest BCUT2D eigenvalue weighted by atomic mass is 9.53. The van der Waals surface area contributed by atoms with E-state index in [4.69, 9.17) is 0 Å². The van der Waals surface area contributed by atoms with Crippen molar-refractivity contribution in [1.29, 1.82) is 0 Å². The van der Waals surface area contributed by atoms with Gasteiger partial charge in [-0.05, 0) is 104 Å². The first kappa shape index (κ1) is 27.4. The quantitative estimate of drug-likeness (QED) is 0.208. The molecule has 5 unspecified atom stereocenters. The van der Waals surface area contributed by atoms with Gasteiger partial charge in [-0.3, -0.25) is 4.79 Å². The van der Waals surface area contributed by atoms with Crippen molar-refractivity contribution in [2.75, 3.05) is 0 Å². The fraction of sp³-hybridized carbons (Fsp3) is 0.500. The minimum Gasteiger partial charge on any atom is -0.393 e. The standard InChI is InChI=1S/C34H45NO2/c1-6-9-25(8-3)23(4)35-22-24-11-13-26(14-12-24)30-21-34(5)31(17-18-32(34)37)29-16-15-27(19-20-36)28(10-7-2)33(29)30/h6,8-9,11-14,19-20,29-32,35,37H,4,7,10,15-18,21-22H2,1-3,5H3/b9-6-,25-8+,27-19-. The van der Waals surface area contributed by atoms with E-state index in [1.807, 2.05) is 26.0 Å². The second-order valence-corrected chi connectivity index (χ2v) is 11.4. The zero-order valence-corrected chi connectivity index (χ0v) is 23.2. The molecule has 3 nitrogen and oxygen atoms in total. The molecule has 37 heavy (non-hydrogen) atoms. The normalized spacial score (nSPS) is 30.9. The van der Waals surface area contributed by atoms with Gasteiger partial charge in [-0.15, -0.1) is 0 Å². The van der Waals surface area contributed by atoms with Gasteiger partial charge < -0.3 is 10.4 Å². The zero-order valence-electron chi connectivity index (χ0n) is 23.2. The number of carbonyl (C=O) groups is 1. The third-order valence-electron chi connectivity index (χ3n) is 9.39. The Morgan fingerprint density at radius 3 is 2.59 bits per heavy atom. The van der Waals surface area contributed by atoms with Gasteiger partial charge in [-0.1, -0.05) is 74.9 Å². The highest BCUT2D eigenvalue weighted by Gasteiger charge is 2.56. The average molecular weight is 500 g/mol. The fourth-order valence-corrected chi connectivity index (χ4v) is 7.50. The molecule has 3 aliphatic carbocycles. The van der Waals surface area contributed by atoms with Gasteiger partial charge in [-0.25, -0.2) is 0 Å². The van der Waals surface area contributed by atoms with E-state index >= 15 is 0 Å². The lowest BCUT2D eigenvalue weighted by molar-refractivity contribution is -0.104. The molecule has 1 aromatic rings. The number of carbonyl (C=O) groups excluding carboxylic acids is 1. The van der Waals surface area contributed by atoms with Crippen LogP contribution in [0.3, 0.4) is 0 Å². The molecular weight excluding hydrogens is 454 g/mol. The van der Waals surface area contributed by atoms with Gasteiger partial charge in [0.05, 0.1) is 6.10 Å². The van der Waals surface area contributed by atoms with Crippen LogP contribution in [0.25, 0.3) is 0 Å². The van der Waals surface area contributed by atoms with Crippen molar-refractivity contribution in [3.8, 4) is 0 Å². The Kier molecular flexibility index (Phi) is 8.75. The van der Waals surface area contributed by atoms with Gasteiger partial charge in [0.15, 0.2) is 0 Å².